The first kappa shape index (κ1) is 51.8. The summed E-state index contributed by atoms with van der Waals surface area (Å²) in [6.45, 7) is 4.88. The van der Waals surface area contributed by atoms with E-state index in [2.05, 4.69) is 70.1 Å². The molecule has 3 N–H and O–H groups in total. The van der Waals surface area contributed by atoms with E-state index < -0.39 is 0 Å². The van der Waals surface area contributed by atoms with Crippen LogP contribution in [-0.2, 0) is 51.9 Å². The lowest BCUT2D eigenvalue weighted by molar-refractivity contribution is 0.298. The minimum atomic E-state index is -0.234. The Balaban J connectivity index is 0.000000127. The Morgan fingerprint density at radius 3 is 1.49 bits per heavy atom. The zero-order valence-corrected chi connectivity index (χ0v) is 44.0. The molecule has 5 aromatic carbocycles. The fourth-order valence-corrected chi connectivity index (χ4v) is 9.11. The molecule has 1 aliphatic carbocycles. The Hall–Kier alpha value is -10.3. The number of fused-ring (bicyclic) bond motifs is 4. The number of nitrogens with one attached hydrogen (secondary N) is 3. The maximum Gasteiger partial charge on any atom is 0.274 e. The summed E-state index contributed by atoms with van der Waals surface area (Å²) in [6, 6.07) is 49.6. The van der Waals surface area contributed by atoms with Gasteiger partial charge in [-0.3, -0.25) is 34.7 Å². The third-order valence-corrected chi connectivity index (χ3v) is 13.3. The molecule has 1 aliphatic rings. The zero-order valence-electron chi connectivity index (χ0n) is 44.0. The van der Waals surface area contributed by atoms with Crippen molar-refractivity contribution in [1.82, 2.24) is 63.7 Å². The molecular weight excluding hydrogens is 1010 g/mol. The monoisotopic (exact) mass is 1070 g/mol. The van der Waals surface area contributed by atoms with E-state index in [9.17, 15) is 14.4 Å². The highest BCUT2D eigenvalue weighted by atomic mass is 16.5. The van der Waals surface area contributed by atoms with E-state index in [0.29, 0.717) is 58.3 Å². The zero-order chi connectivity index (χ0) is 54.8. The number of aryl methyl sites for hydroxylation is 3. The molecule has 7 aromatic heterocycles. The van der Waals surface area contributed by atoms with Gasteiger partial charge in [0.15, 0.2) is 11.6 Å². The van der Waals surface area contributed by atoms with Crippen molar-refractivity contribution >= 4 is 17.3 Å². The van der Waals surface area contributed by atoms with E-state index in [-0.39, 0.29) is 36.5 Å². The van der Waals surface area contributed by atoms with Crippen molar-refractivity contribution in [2.75, 3.05) is 0 Å². The smallest absolute Gasteiger partial charge is 0.274 e. The van der Waals surface area contributed by atoms with Crippen LogP contribution in [0.2, 0.25) is 0 Å². The molecule has 19 heteroatoms. The van der Waals surface area contributed by atoms with Gasteiger partial charge in [0.25, 0.3) is 34.0 Å². The maximum absolute atomic E-state index is 12.4. The summed E-state index contributed by atoms with van der Waals surface area (Å²) in [5.74, 6) is 5.25. The van der Waals surface area contributed by atoms with E-state index >= 15 is 0 Å². The minimum Gasteiger partial charge on any atom is -0.487 e. The quantitative estimate of drug-likeness (QED) is 0.0872. The lowest BCUT2D eigenvalue weighted by Gasteiger charge is -2.10. The largest absolute Gasteiger partial charge is 0.487 e. The van der Waals surface area contributed by atoms with Crippen LogP contribution in [0.4, 0.5) is 0 Å². The van der Waals surface area contributed by atoms with Crippen molar-refractivity contribution < 1.29 is 14.2 Å². The van der Waals surface area contributed by atoms with Gasteiger partial charge in [0.1, 0.15) is 42.9 Å². The number of aromatic nitrogens is 13. The average molecular weight is 1070 g/mol. The van der Waals surface area contributed by atoms with Gasteiger partial charge in [0.2, 0.25) is 0 Å². The first-order valence-electron chi connectivity index (χ1n) is 26.3. The van der Waals surface area contributed by atoms with Crippen LogP contribution in [0.3, 0.4) is 0 Å². The number of hydrogen-bond acceptors (Lipinski definition) is 13. The fraction of sp³-hybridized carbons (Fsp3) is 0.180. The van der Waals surface area contributed by atoms with Gasteiger partial charge in [-0.15, -0.1) is 0 Å². The van der Waals surface area contributed by atoms with Gasteiger partial charge in [-0.25, -0.2) is 15.0 Å². The fourth-order valence-electron chi connectivity index (χ4n) is 9.11. The van der Waals surface area contributed by atoms with E-state index in [1.807, 2.05) is 133 Å². The molecule has 0 saturated heterocycles. The van der Waals surface area contributed by atoms with Crippen LogP contribution in [0, 0.1) is 0 Å². The van der Waals surface area contributed by atoms with Crippen LogP contribution in [0.15, 0.2) is 185 Å². The Bertz CT molecular complexity index is 4230. The van der Waals surface area contributed by atoms with Crippen molar-refractivity contribution in [1.29, 1.82) is 0 Å². The van der Waals surface area contributed by atoms with Gasteiger partial charge in [-0.05, 0) is 102 Å². The molecule has 80 heavy (non-hydrogen) atoms. The molecule has 19 nitrogen and oxygen atoms in total. The van der Waals surface area contributed by atoms with Crippen molar-refractivity contribution in [2.24, 2.45) is 0 Å². The van der Waals surface area contributed by atoms with Crippen molar-refractivity contribution in [3.8, 4) is 40.0 Å². The van der Waals surface area contributed by atoms with E-state index in [4.69, 9.17) is 14.2 Å². The summed E-state index contributed by atoms with van der Waals surface area (Å²) < 4.78 is 21.5. The molecule has 0 spiro atoms. The lowest BCUT2D eigenvalue weighted by Crippen LogP contribution is -2.16. The molecule has 12 aromatic rings. The van der Waals surface area contributed by atoms with Gasteiger partial charge in [0, 0.05) is 48.1 Å². The van der Waals surface area contributed by atoms with Gasteiger partial charge in [-0.2, -0.15) is 28.5 Å². The van der Waals surface area contributed by atoms with Crippen molar-refractivity contribution in [2.45, 2.75) is 72.2 Å². The van der Waals surface area contributed by atoms with Gasteiger partial charge >= 0.3 is 0 Å². The molecule has 0 saturated carbocycles. The summed E-state index contributed by atoms with van der Waals surface area (Å²) >= 11 is 0. The van der Waals surface area contributed by atoms with Crippen LogP contribution < -0.4 is 30.9 Å². The van der Waals surface area contributed by atoms with E-state index in [1.54, 1.807) is 12.4 Å². The summed E-state index contributed by atoms with van der Waals surface area (Å²) in [4.78, 5) is 67.7. The summed E-state index contributed by atoms with van der Waals surface area (Å²) in [6.07, 6.45) is 9.22. The number of ether oxygens (including phenoxy) is 3. The van der Waals surface area contributed by atoms with Crippen LogP contribution in [0.5, 0.6) is 17.2 Å². The summed E-state index contributed by atoms with van der Waals surface area (Å²) in [5, 5.41) is 8.98. The van der Waals surface area contributed by atoms with Gasteiger partial charge < -0.3 is 14.2 Å². The second-order valence-electron chi connectivity index (χ2n) is 18.9. The Kier molecular flexibility index (Phi) is 15.5. The Labute approximate surface area is 457 Å². The van der Waals surface area contributed by atoms with Gasteiger partial charge in [0.05, 0.1) is 17.1 Å². The Morgan fingerprint density at radius 2 is 0.950 bits per heavy atom. The number of pyridine rings is 1. The average Bonchev–Trinajstić information content (AvgIpc) is 4.45. The molecule has 0 aliphatic heterocycles. The van der Waals surface area contributed by atoms with Crippen LogP contribution in [0.25, 0.3) is 40.1 Å². The predicted octanol–water partition coefficient (Wildman–Crippen LogP) is 8.92. The Morgan fingerprint density at radius 1 is 0.463 bits per heavy atom. The van der Waals surface area contributed by atoms with Crippen LogP contribution in [-0.4, -0.2) is 63.7 Å². The second-order valence-corrected chi connectivity index (χ2v) is 18.9. The molecule has 0 atom stereocenters. The SMILES string of the molecule is CCc1ccc(OCc2cc(=O)n3[nH]c(-c4ccncc4)nc3n2)cc1.CCc1ccc(OCc2cc(=O)n3[nH]c(Cc4ccccc4)nc3n2)cc1.O=c1cc(COc2cccc3c2CCC3)nc2nc(-c3ccccc3)[nH]n12. The highest BCUT2D eigenvalue weighted by molar-refractivity contribution is 5.57. The van der Waals surface area contributed by atoms with Crippen molar-refractivity contribution in [3.63, 3.8) is 0 Å². The molecule has 0 radical (unpaired) electrons. The van der Waals surface area contributed by atoms with Gasteiger partial charge in [-0.1, -0.05) is 111 Å². The molecule has 7 heterocycles. The number of hydrogen-bond donors (Lipinski definition) is 3. The highest BCUT2D eigenvalue weighted by Gasteiger charge is 2.17. The summed E-state index contributed by atoms with van der Waals surface area (Å²) in [5.41, 5.74) is 9.00. The predicted molar refractivity (Wildman–Crippen MR) is 302 cm³/mol. The first-order valence-corrected chi connectivity index (χ1v) is 26.3. The number of aromatic amines is 3. The van der Waals surface area contributed by atoms with E-state index in [1.165, 1.54) is 54.0 Å². The number of nitrogens with zero attached hydrogens (tertiary/aromatic N) is 10. The first-order chi connectivity index (χ1) is 39.2. The van der Waals surface area contributed by atoms with Crippen LogP contribution in [0.1, 0.15) is 71.0 Å². The van der Waals surface area contributed by atoms with Crippen LogP contribution >= 0.6 is 0 Å². The third-order valence-electron chi connectivity index (χ3n) is 13.3. The second kappa shape index (κ2) is 23.9. The molecule has 0 bridgehead atoms. The third kappa shape index (κ3) is 12.3. The number of benzene rings is 5. The van der Waals surface area contributed by atoms with Crippen molar-refractivity contribution in [3.05, 3.63) is 252 Å². The standard InChI is InChI=1S/C21H18N4O2.C21H20N4O2.C19H17N5O2/c26-19-12-16(13-27-18-11-5-9-14-8-4-10-17(14)18)22-21-23-20(24-25(19)21)15-6-2-1-3-7-15;1-2-15-8-10-18(11-9-15)27-14-17-13-20(26)25-21(22-17)23-19(24-25)12-16-6-4-3-5-7-16;1-2-13-3-5-16(6-4-13)26-12-15-11-17(25)24-19(21-15)22-18(23-24)14-7-9-20-10-8-14/h1-3,5-7,9,11-12H,4,8,10,13H2,(H,22,23,24);3-11,13H,2,12,14H2,1H3,(H,22,23,24);3-11H,2,12H2,1H3,(H,21,22,23). The number of rotatable bonds is 15. The lowest BCUT2D eigenvalue weighted by atomic mass is 10.1. The minimum absolute atomic E-state index is 0.202. The molecular formula is C61H55N13O6. The molecule has 0 amide bonds. The molecule has 13 rings (SSSR count). The maximum atomic E-state index is 12.4. The summed E-state index contributed by atoms with van der Waals surface area (Å²) in [7, 11) is 0. The topological polar surface area (TPSA) is 230 Å². The highest BCUT2D eigenvalue weighted by Crippen LogP contribution is 2.31. The molecule has 400 valence electrons. The normalized spacial score (nSPS) is 11.7. The van der Waals surface area contributed by atoms with E-state index in [0.717, 1.165) is 66.0 Å². The molecule has 0 fully saturated rings. The number of H-pyrrole nitrogens is 3. The molecule has 0 unspecified atom stereocenters.